The lowest BCUT2D eigenvalue weighted by molar-refractivity contribution is 0.0336. The molecule has 1 aliphatic rings. The summed E-state index contributed by atoms with van der Waals surface area (Å²) >= 11 is 0. The zero-order valence-corrected chi connectivity index (χ0v) is 14.3. The van der Waals surface area contributed by atoms with Gasteiger partial charge in [0.2, 0.25) is 0 Å². The van der Waals surface area contributed by atoms with E-state index in [9.17, 15) is 8.42 Å². The maximum Gasteiger partial charge on any atom is 0.339 e. The molecule has 1 aromatic carbocycles. The Morgan fingerprint density at radius 2 is 1.83 bits per heavy atom. The van der Waals surface area contributed by atoms with Crippen molar-refractivity contribution in [2.24, 2.45) is 0 Å². The first-order valence-corrected chi connectivity index (χ1v) is 9.20. The minimum absolute atomic E-state index is 0.130. The van der Waals surface area contributed by atoms with Crippen molar-refractivity contribution in [1.29, 1.82) is 0 Å². The predicted molar refractivity (Wildman–Crippen MR) is 89.3 cm³/mol. The fraction of sp³-hybridized carbons (Fsp3) is 0.353. The average Bonchev–Trinajstić information content (AvgIpc) is 2.58. The van der Waals surface area contributed by atoms with Gasteiger partial charge in [-0.1, -0.05) is 17.7 Å². The van der Waals surface area contributed by atoms with Crippen molar-refractivity contribution in [3.05, 3.63) is 53.9 Å². The second-order valence-electron chi connectivity index (χ2n) is 5.72. The Hall–Kier alpha value is -1.96. The maximum absolute atomic E-state index is 12.2. The van der Waals surface area contributed by atoms with E-state index < -0.39 is 10.1 Å². The fourth-order valence-corrected chi connectivity index (χ4v) is 3.34. The van der Waals surface area contributed by atoms with E-state index in [0.717, 1.165) is 37.6 Å². The number of aromatic nitrogens is 1. The van der Waals surface area contributed by atoms with Crippen LogP contribution in [0.25, 0.3) is 0 Å². The second kappa shape index (κ2) is 7.29. The van der Waals surface area contributed by atoms with E-state index in [1.54, 1.807) is 24.3 Å². The third-order valence-electron chi connectivity index (χ3n) is 3.80. The Bertz CT molecular complexity index is 767. The van der Waals surface area contributed by atoms with E-state index in [-0.39, 0.29) is 10.6 Å². The van der Waals surface area contributed by atoms with Crippen LogP contribution in [0, 0.1) is 6.92 Å². The number of aryl methyl sites for hydroxylation is 1. The first kappa shape index (κ1) is 16.9. The first-order valence-electron chi connectivity index (χ1n) is 7.79. The molecule has 2 aromatic rings. The number of nitrogens with zero attached hydrogens (tertiary/aromatic N) is 2. The summed E-state index contributed by atoms with van der Waals surface area (Å²) in [7, 11) is -3.84. The molecule has 3 rings (SSSR count). The van der Waals surface area contributed by atoms with Gasteiger partial charge in [0.25, 0.3) is 0 Å². The topological polar surface area (TPSA) is 68.7 Å². The molecule has 6 nitrogen and oxygen atoms in total. The van der Waals surface area contributed by atoms with Gasteiger partial charge in [-0.25, -0.2) is 0 Å². The highest BCUT2D eigenvalue weighted by Gasteiger charge is 2.17. The van der Waals surface area contributed by atoms with Gasteiger partial charge in [0.1, 0.15) is 4.90 Å². The van der Waals surface area contributed by atoms with Crippen LogP contribution in [0.5, 0.6) is 5.75 Å². The van der Waals surface area contributed by atoms with Gasteiger partial charge in [-0.3, -0.25) is 9.88 Å². The third-order valence-corrected chi connectivity index (χ3v) is 5.06. The summed E-state index contributed by atoms with van der Waals surface area (Å²) in [5, 5.41) is 0. The van der Waals surface area contributed by atoms with Gasteiger partial charge in [-0.15, -0.1) is 0 Å². The number of pyridine rings is 1. The second-order valence-corrected chi connectivity index (χ2v) is 7.27. The molecule has 1 aromatic heterocycles. The normalized spacial score (nSPS) is 16.0. The minimum atomic E-state index is -3.84. The van der Waals surface area contributed by atoms with Crippen molar-refractivity contribution in [3.8, 4) is 5.75 Å². The highest BCUT2D eigenvalue weighted by molar-refractivity contribution is 7.87. The van der Waals surface area contributed by atoms with Gasteiger partial charge in [0.05, 0.1) is 25.1 Å². The van der Waals surface area contributed by atoms with Crippen LogP contribution in [0.2, 0.25) is 0 Å². The summed E-state index contributed by atoms with van der Waals surface area (Å²) in [5.74, 6) is 0.210. The quantitative estimate of drug-likeness (QED) is 0.770. The molecule has 24 heavy (non-hydrogen) atoms. The Labute approximate surface area is 142 Å². The minimum Gasteiger partial charge on any atom is -0.379 e. The molecule has 0 N–H and O–H groups in total. The lowest BCUT2D eigenvalue weighted by Crippen LogP contribution is -2.35. The highest BCUT2D eigenvalue weighted by atomic mass is 32.2. The maximum atomic E-state index is 12.2. The molecule has 0 amide bonds. The number of hydrogen-bond donors (Lipinski definition) is 0. The lowest BCUT2D eigenvalue weighted by Gasteiger charge is -2.26. The van der Waals surface area contributed by atoms with E-state index >= 15 is 0 Å². The Morgan fingerprint density at radius 3 is 2.46 bits per heavy atom. The van der Waals surface area contributed by atoms with Crippen LogP contribution in [0.4, 0.5) is 0 Å². The van der Waals surface area contributed by atoms with Gasteiger partial charge in [-0.2, -0.15) is 8.42 Å². The van der Waals surface area contributed by atoms with Gasteiger partial charge in [-0.05, 0) is 31.2 Å². The summed E-state index contributed by atoms with van der Waals surface area (Å²) in [5.41, 5.74) is 1.86. The molecule has 0 unspecified atom stereocenters. The lowest BCUT2D eigenvalue weighted by atomic mass is 10.2. The smallest absolute Gasteiger partial charge is 0.339 e. The van der Waals surface area contributed by atoms with E-state index in [2.05, 4.69) is 9.88 Å². The number of rotatable bonds is 5. The monoisotopic (exact) mass is 348 g/mol. The summed E-state index contributed by atoms with van der Waals surface area (Å²) in [4.78, 5) is 6.67. The Balaban J connectivity index is 1.66. The van der Waals surface area contributed by atoms with Crippen LogP contribution in [0.1, 0.15) is 11.3 Å². The van der Waals surface area contributed by atoms with Crippen molar-refractivity contribution >= 4 is 10.1 Å². The molecule has 1 saturated heterocycles. The molecule has 1 fully saturated rings. The van der Waals surface area contributed by atoms with Gasteiger partial charge < -0.3 is 8.92 Å². The molecule has 1 aliphatic heterocycles. The number of ether oxygens (including phenoxy) is 1. The molecule has 0 bridgehead atoms. The van der Waals surface area contributed by atoms with Crippen LogP contribution in [-0.2, 0) is 21.4 Å². The number of morpholine rings is 1. The van der Waals surface area contributed by atoms with Gasteiger partial charge >= 0.3 is 10.1 Å². The van der Waals surface area contributed by atoms with Crippen molar-refractivity contribution in [2.45, 2.75) is 18.4 Å². The molecule has 0 saturated carbocycles. The molecule has 7 heteroatoms. The zero-order valence-electron chi connectivity index (χ0n) is 13.5. The van der Waals surface area contributed by atoms with Crippen LogP contribution in [-0.4, -0.2) is 44.6 Å². The van der Waals surface area contributed by atoms with Crippen LogP contribution >= 0.6 is 0 Å². The van der Waals surface area contributed by atoms with Crippen molar-refractivity contribution in [3.63, 3.8) is 0 Å². The molecule has 128 valence electrons. The molecule has 0 radical (unpaired) electrons. The van der Waals surface area contributed by atoms with E-state index in [1.165, 1.54) is 18.3 Å². The van der Waals surface area contributed by atoms with E-state index in [4.69, 9.17) is 8.92 Å². The van der Waals surface area contributed by atoms with Crippen molar-refractivity contribution in [2.75, 3.05) is 26.3 Å². The molecule has 0 spiro atoms. The third kappa shape index (κ3) is 4.31. The number of hydrogen-bond acceptors (Lipinski definition) is 6. The first-order chi connectivity index (χ1) is 11.5. The standard InChI is InChI=1S/C17H20N2O4S/c1-14-2-6-17(7-3-14)24(20,21)23-16-5-4-15(18-12-16)13-19-8-10-22-11-9-19/h2-7,12H,8-11,13H2,1H3. The zero-order chi connectivity index (χ0) is 17.0. The summed E-state index contributed by atoms with van der Waals surface area (Å²) < 4.78 is 34.9. The van der Waals surface area contributed by atoms with Crippen molar-refractivity contribution in [1.82, 2.24) is 9.88 Å². The predicted octanol–water partition coefficient (Wildman–Crippen LogP) is 1.99. The van der Waals surface area contributed by atoms with Gasteiger partial charge in [0.15, 0.2) is 5.75 Å². The Morgan fingerprint density at radius 1 is 1.12 bits per heavy atom. The summed E-state index contributed by atoms with van der Waals surface area (Å²) in [6.45, 7) is 5.83. The van der Waals surface area contributed by atoms with Gasteiger partial charge in [0, 0.05) is 19.6 Å². The van der Waals surface area contributed by atoms with E-state index in [1.807, 2.05) is 6.92 Å². The van der Waals surface area contributed by atoms with Crippen molar-refractivity contribution < 1.29 is 17.3 Å². The van der Waals surface area contributed by atoms with E-state index in [0.29, 0.717) is 6.54 Å². The molecular formula is C17H20N2O4S. The molecule has 0 aliphatic carbocycles. The fourth-order valence-electron chi connectivity index (χ4n) is 2.42. The van der Waals surface area contributed by atoms with Crippen LogP contribution in [0.3, 0.4) is 0 Å². The SMILES string of the molecule is Cc1ccc(S(=O)(=O)Oc2ccc(CN3CCOCC3)nc2)cc1. The Kier molecular flexibility index (Phi) is 5.13. The largest absolute Gasteiger partial charge is 0.379 e. The molecule has 0 atom stereocenters. The average molecular weight is 348 g/mol. The van der Waals surface area contributed by atoms with Crippen LogP contribution < -0.4 is 4.18 Å². The summed E-state index contributed by atoms with van der Waals surface area (Å²) in [6, 6.07) is 9.96. The molecule has 2 heterocycles. The highest BCUT2D eigenvalue weighted by Crippen LogP contribution is 2.19. The summed E-state index contributed by atoms with van der Waals surface area (Å²) in [6.07, 6.45) is 1.45. The number of benzene rings is 1. The molecular weight excluding hydrogens is 328 g/mol. The van der Waals surface area contributed by atoms with Crippen LogP contribution in [0.15, 0.2) is 47.5 Å².